The summed E-state index contributed by atoms with van der Waals surface area (Å²) in [6.45, 7) is 0.563. The van der Waals surface area contributed by atoms with Crippen molar-refractivity contribution >= 4 is 28.8 Å². The summed E-state index contributed by atoms with van der Waals surface area (Å²) >= 11 is 1.75. The number of ether oxygens (including phenoxy) is 1. The highest BCUT2D eigenvalue weighted by molar-refractivity contribution is 7.98. The van der Waals surface area contributed by atoms with Crippen molar-refractivity contribution in [3.8, 4) is 5.75 Å². The second-order valence-electron chi connectivity index (χ2n) is 6.47. The maximum Gasteiger partial charge on any atom is 0.315 e. The second-order valence-corrected chi connectivity index (χ2v) is 7.46. The summed E-state index contributed by atoms with van der Waals surface area (Å²) in [5, 5.41) is 6.00. The Morgan fingerprint density at radius 1 is 1.21 bits per heavy atom. The number of carbonyl (C=O) groups is 1. The van der Waals surface area contributed by atoms with Crippen LogP contribution in [0.15, 0.2) is 48.5 Å². The van der Waals surface area contributed by atoms with Gasteiger partial charge in [0.25, 0.3) is 0 Å². The number of methoxy groups -OCH3 is 1. The van der Waals surface area contributed by atoms with Gasteiger partial charge >= 0.3 is 6.03 Å². The van der Waals surface area contributed by atoms with Crippen LogP contribution in [-0.4, -0.2) is 41.7 Å². The molecule has 3 aromatic rings. The Bertz CT molecular complexity index is 862. The number of nitrogens with one attached hydrogen (secondary N) is 3. The molecule has 0 bridgehead atoms. The number of urea groups is 1. The van der Waals surface area contributed by atoms with Crippen LogP contribution in [0.25, 0.3) is 11.0 Å². The molecule has 0 aliphatic heterocycles. The molecular weight excluding hydrogens is 372 g/mol. The van der Waals surface area contributed by atoms with E-state index in [0.717, 1.165) is 46.8 Å². The first-order chi connectivity index (χ1) is 13.7. The first-order valence-corrected chi connectivity index (χ1v) is 10.7. The van der Waals surface area contributed by atoms with Gasteiger partial charge in [-0.1, -0.05) is 24.3 Å². The Labute approximate surface area is 169 Å². The van der Waals surface area contributed by atoms with E-state index in [1.165, 1.54) is 0 Å². The standard InChI is InChI=1S/C21H26N4O2S/c1-27-16-9-7-15(8-10-16)11-13-22-21(26)25-19(12-14-28-2)20-23-17-5-3-4-6-18(17)24-20/h3-10,19H,11-14H2,1-2H3,(H,23,24)(H2,22,25,26). The van der Waals surface area contributed by atoms with E-state index in [1.54, 1.807) is 18.9 Å². The summed E-state index contributed by atoms with van der Waals surface area (Å²) in [7, 11) is 1.65. The Hall–Kier alpha value is -2.67. The van der Waals surface area contributed by atoms with Gasteiger partial charge in [-0.3, -0.25) is 0 Å². The van der Waals surface area contributed by atoms with Crippen LogP contribution in [-0.2, 0) is 6.42 Å². The molecule has 7 heteroatoms. The summed E-state index contributed by atoms with van der Waals surface area (Å²) in [5.74, 6) is 2.56. The molecule has 28 heavy (non-hydrogen) atoms. The van der Waals surface area contributed by atoms with Crippen LogP contribution in [0.1, 0.15) is 23.9 Å². The van der Waals surface area contributed by atoms with Gasteiger partial charge in [-0.05, 0) is 54.7 Å². The van der Waals surface area contributed by atoms with Gasteiger partial charge in [0.2, 0.25) is 0 Å². The Kier molecular flexibility index (Phi) is 7.19. The average Bonchev–Trinajstić information content (AvgIpc) is 3.15. The maximum atomic E-state index is 12.4. The lowest BCUT2D eigenvalue weighted by atomic mass is 10.1. The predicted molar refractivity (Wildman–Crippen MR) is 115 cm³/mol. The number of fused-ring (bicyclic) bond motifs is 1. The van der Waals surface area contributed by atoms with Gasteiger partial charge in [0.1, 0.15) is 11.6 Å². The molecule has 0 spiro atoms. The predicted octanol–water partition coefficient (Wildman–Crippen LogP) is 3.91. The van der Waals surface area contributed by atoms with Gasteiger partial charge in [0.15, 0.2) is 0 Å². The number of benzene rings is 2. The van der Waals surface area contributed by atoms with Gasteiger partial charge < -0.3 is 20.4 Å². The van der Waals surface area contributed by atoms with Crippen molar-refractivity contribution in [2.45, 2.75) is 18.9 Å². The van der Waals surface area contributed by atoms with Crippen molar-refractivity contribution in [2.75, 3.05) is 25.7 Å². The Balaban J connectivity index is 1.56. The third-order valence-corrected chi connectivity index (χ3v) is 5.16. The van der Waals surface area contributed by atoms with Crippen LogP contribution in [0.4, 0.5) is 4.79 Å². The number of aromatic nitrogens is 2. The van der Waals surface area contributed by atoms with Crippen LogP contribution in [0.5, 0.6) is 5.75 Å². The third kappa shape index (κ3) is 5.42. The molecule has 1 unspecified atom stereocenters. The molecule has 0 aliphatic carbocycles. The number of nitrogens with zero attached hydrogens (tertiary/aromatic N) is 1. The SMILES string of the molecule is COc1ccc(CCNC(=O)NC(CCSC)c2nc3ccccc3[nH]2)cc1. The first kappa shape index (κ1) is 20.1. The van der Waals surface area contributed by atoms with Crippen molar-refractivity contribution in [2.24, 2.45) is 0 Å². The number of H-pyrrole nitrogens is 1. The number of imidazole rings is 1. The third-order valence-electron chi connectivity index (χ3n) is 4.51. The number of amides is 2. The van der Waals surface area contributed by atoms with Gasteiger partial charge in [-0.15, -0.1) is 0 Å². The van der Waals surface area contributed by atoms with Gasteiger partial charge in [-0.25, -0.2) is 9.78 Å². The number of carbonyl (C=O) groups excluding carboxylic acids is 1. The summed E-state index contributed by atoms with van der Waals surface area (Å²) < 4.78 is 5.16. The highest BCUT2D eigenvalue weighted by Gasteiger charge is 2.18. The monoisotopic (exact) mass is 398 g/mol. The highest BCUT2D eigenvalue weighted by Crippen LogP contribution is 2.20. The quantitative estimate of drug-likeness (QED) is 0.511. The summed E-state index contributed by atoms with van der Waals surface area (Å²) in [6, 6.07) is 15.4. The van der Waals surface area contributed by atoms with Crippen LogP contribution in [0.2, 0.25) is 0 Å². The number of aromatic amines is 1. The first-order valence-electron chi connectivity index (χ1n) is 9.30. The van der Waals surface area contributed by atoms with E-state index >= 15 is 0 Å². The van der Waals surface area contributed by atoms with E-state index in [-0.39, 0.29) is 12.1 Å². The zero-order valence-electron chi connectivity index (χ0n) is 16.2. The smallest absolute Gasteiger partial charge is 0.315 e. The molecule has 2 amide bonds. The molecular formula is C21H26N4O2S. The molecule has 3 rings (SSSR count). The molecule has 2 aromatic carbocycles. The minimum Gasteiger partial charge on any atom is -0.497 e. The summed E-state index contributed by atoms with van der Waals surface area (Å²) in [4.78, 5) is 20.4. The number of thioether (sulfide) groups is 1. The molecule has 0 fully saturated rings. The van der Waals surface area contributed by atoms with Crippen LogP contribution in [0, 0.1) is 0 Å². The Morgan fingerprint density at radius 3 is 2.71 bits per heavy atom. The number of rotatable bonds is 9. The fourth-order valence-electron chi connectivity index (χ4n) is 2.97. The van der Waals surface area contributed by atoms with E-state index < -0.39 is 0 Å². The average molecular weight is 399 g/mol. The maximum absolute atomic E-state index is 12.4. The molecule has 1 atom stereocenters. The molecule has 1 aromatic heterocycles. The fourth-order valence-corrected chi connectivity index (χ4v) is 3.44. The zero-order chi connectivity index (χ0) is 19.8. The largest absolute Gasteiger partial charge is 0.497 e. The minimum atomic E-state index is -0.180. The lowest BCUT2D eigenvalue weighted by Gasteiger charge is -2.17. The van der Waals surface area contributed by atoms with Crippen LogP contribution >= 0.6 is 11.8 Å². The molecule has 0 aliphatic rings. The fraction of sp³-hybridized carbons (Fsp3) is 0.333. The van der Waals surface area contributed by atoms with Crippen molar-refractivity contribution in [1.29, 1.82) is 0 Å². The van der Waals surface area contributed by atoms with E-state index in [1.807, 2.05) is 48.5 Å². The second kappa shape index (κ2) is 10.0. The minimum absolute atomic E-state index is 0.152. The van der Waals surface area contributed by atoms with Crippen LogP contribution in [0.3, 0.4) is 0 Å². The van der Waals surface area contributed by atoms with E-state index in [2.05, 4.69) is 26.9 Å². The van der Waals surface area contributed by atoms with Crippen molar-refractivity contribution in [1.82, 2.24) is 20.6 Å². The Morgan fingerprint density at radius 2 is 2.00 bits per heavy atom. The van der Waals surface area contributed by atoms with Crippen molar-refractivity contribution < 1.29 is 9.53 Å². The molecule has 0 saturated carbocycles. The number of para-hydroxylation sites is 2. The molecule has 1 heterocycles. The molecule has 148 valence electrons. The molecule has 3 N–H and O–H groups in total. The number of hydrogen-bond acceptors (Lipinski definition) is 4. The molecule has 0 saturated heterocycles. The summed E-state index contributed by atoms with van der Waals surface area (Å²) in [6.07, 6.45) is 3.63. The lowest BCUT2D eigenvalue weighted by molar-refractivity contribution is 0.236. The van der Waals surface area contributed by atoms with E-state index in [9.17, 15) is 4.79 Å². The van der Waals surface area contributed by atoms with Crippen LogP contribution < -0.4 is 15.4 Å². The zero-order valence-corrected chi connectivity index (χ0v) is 17.0. The molecule has 6 nitrogen and oxygen atoms in total. The topological polar surface area (TPSA) is 79.0 Å². The van der Waals surface area contributed by atoms with Gasteiger partial charge in [0.05, 0.1) is 24.2 Å². The molecule has 0 radical (unpaired) electrons. The van der Waals surface area contributed by atoms with E-state index in [4.69, 9.17) is 4.74 Å². The van der Waals surface area contributed by atoms with Gasteiger partial charge in [0, 0.05) is 6.54 Å². The van der Waals surface area contributed by atoms with Crippen molar-refractivity contribution in [3.05, 3.63) is 59.9 Å². The van der Waals surface area contributed by atoms with Gasteiger partial charge in [-0.2, -0.15) is 11.8 Å². The van der Waals surface area contributed by atoms with Crippen molar-refractivity contribution in [3.63, 3.8) is 0 Å². The lowest BCUT2D eigenvalue weighted by Crippen LogP contribution is -2.39. The number of hydrogen-bond donors (Lipinski definition) is 3. The normalized spacial score (nSPS) is 11.9. The highest BCUT2D eigenvalue weighted by atomic mass is 32.2. The van der Waals surface area contributed by atoms with E-state index in [0.29, 0.717) is 6.54 Å². The summed E-state index contributed by atoms with van der Waals surface area (Å²) in [5.41, 5.74) is 3.04.